The number of amides is 2. The molecule has 3 heterocycles. The second-order valence-electron chi connectivity index (χ2n) is 9.48. The number of ether oxygens (including phenoxy) is 2. The van der Waals surface area contributed by atoms with Crippen molar-refractivity contribution in [1.29, 1.82) is 0 Å². The molecule has 2 bridgehead atoms. The number of benzene rings is 1. The van der Waals surface area contributed by atoms with E-state index in [4.69, 9.17) is 9.47 Å². The summed E-state index contributed by atoms with van der Waals surface area (Å²) in [7, 11) is 1.28. The van der Waals surface area contributed by atoms with Crippen molar-refractivity contribution in [3.05, 3.63) is 63.1 Å². The van der Waals surface area contributed by atoms with Crippen LogP contribution in [0.1, 0.15) is 52.2 Å². The number of rotatable bonds is 4. The van der Waals surface area contributed by atoms with Crippen molar-refractivity contribution in [1.82, 2.24) is 14.8 Å². The number of hydrogen-bond acceptors (Lipinski definition) is 5. The lowest BCUT2D eigenvalue weighted by Gasteiger charge is -2.45. The highest BCUT2D eigenvalue weighted by atomic mass is 19.1. The van der Waals surface area contributed by atoms with Crippen molar-refractivity contribution in [2.45, 2.75) is 50.7 Å². The van der Waals surface area contributed by atoms with E-state index in [1.165, 1.54) is 30.9 Å². The molecule has 2 aliphatic carbocycles. The van der Waals surface area contributed by atoms with Gasteiger partial charge in [-0.2, -0.15) is 0 Å². The van der Waals surface area contributed by atoms with E-state index in [0.29, 0.717) is 11.8 Å². The van der Waals surface area contributed by atoms with E-state index in [1.807, 2.05) is 0 Å². The van der Waals surface area contributed by atoms with Gasteiger partial charge in [0.15, 0.2) is 17.7 Å². The summed E-state index contributed by atoms with van der Waals surface area (Å²) in [4.78, 5) is 41.4. The van der Waals surface area contributed by atoms with Gasteiger partial charge in [-0.3, -0.25) is 14.4 Å². The van der Waals surface area contributed by atoms with Gasteiger partial charge in [0.25, 0.3) is 11.8 Å². The fraction of sp³-hybridized carbons (Fsp3) is 0.458. The zero-order valence-corrected chi connectivity index (χ0v) is 18.6. The van der Waals surface area contributed by atoms with Gasteiger partial charge in [-0.25, -0.2) is 8.78 Å². The number of fused-ring (bicyclic) bond motifs is 8. The lowest BCUT2D eigenvalue weighted by molar-refractivity contribution is -0.144. The van der Waals surface area contributed by atoms with Gasteiger partial charge in [-0.15, -0.1) is 0 Å². The molecule has 10 heteroatoms. The van der Waals surface area contributed by atoms with Crippen LogP contribution in [0.3, 0.4) is 0 Å². The molecule has 6 atom stereocenters. The van der Waals surface area contributed by atoms with Gasteiger partial charge in [-0.1, -0.05) is 6.07 Å². The summed E-state index contributed by atoms with van der Waals surface area (Å²) in [6.45, 7) is 1.80. The Balaban J connectivity index is 1.34. The number of pyridine rings is 1. The molecule has 4 aliphatic rings. The highest BCUT2D eigenvalue weighted by Crippen LogP contribution is 2.58. The van der Waals surface area contributed by atoms with Crippen LogP contribution in [0.25, 0.3) is 0 Å². The van der Waals surface area contributed by atoms with E-state index in [9.17, 15) is 23.2 Å². The van der Waals surface area contributed by atoms with Crippen LogP contribution < -0.4 is 15.5 Å². The van der Waals surface area contributed by atoms with E-state index >= 15 is 0 Å². The fourth-order valence-corrected chi connectivity index (χ4v) is 5.91. The minimum absolute atomic E-state index is 0.0789. The van der Waals surface area contributed by atoms with Gasteiger partial charge in [0.1, 0.15) is 17.2 Å². The molecule has 3 fully saturated rings. The molecular weight excluding hydrogens is 448 g/mol. The Bertz CT molecular complexity index is 1290. The summed E-state index contributed by atoms with van der Waals surface area (Å²) in [6.07, 6.45) is 2.87. The molecule has 1 aromatic heterocycles. The van der Waals surface area contributed by atoms with E-state index < -0.39 is 35.2 Å². The Labute approximate surface area is 193 Å². The minimum atomic E-state index is -0.833. The summed E-state index contributed by atoms with van der Waals surface area (Å²) < 4.78 is 40.4. The first-order valence-corrected chi connectivity index (χ1v) is 11.3. The predicted molar refractivity (Wildman–Crippen MR) is 114 cm³/mol. The largest absolute Gasteiger partial charge is 0.491 e. The van der Waals surface area contributed by atoms with Crippen molar-refractivity contribution in [3.63, 3.8) is 0 Å². The third-order valence-corrected chi connectivity index (χ3v) is 7.59. The van der Waals surface area contributed by atoms with E-state index in [1.54, 1.807) is 4.90 Å². The third-order valence-electron chi connectivity index (χ3n) is 7.59. The lowest BCUT2D eigenvalue weighted by atomic mass is 10.0. The first-order valence-electron chi connectivity index (χ1n) is 11.3. The number of hydrogen-bond donors (Lipinski definition) is 1. The first kappa shape index (κ1) is 21.3. The molecule has 6 rings (SSSR count). The third kappa shape index (κ3) is 3.01. The van der Waals surface area contributed by atoms with Crippen molar-refractivity contribution in [2.75, 3.05) is 7.11 Å². The number of carbonyl (C=O) groups excluding carboxylic acids is 2. The maximum Gasteiger partial charge on any atom is 0.276 e. The predicted octanol–water partition coefficient (Wildman–Crippen LogP) is 2.22. The molecule has 1 aromatic carbocycles. The Kier molecular flexibility index (Phi) is 4.61. The zero-order chi connectivity index (χ0) is 23.9. The number of nitrogens with one attached hydrogen (secondary N) is 1. The number of halogens is 2. The van der Waals surface area contributed by atoms with Crippen LogP contribution in [0.2, 0.25) is 0 Å². The van der Waals surface area contributed by atoms with Crippen molar-refractivity contribution >= 4 is 11.8 Å². The molecule has 8 nitrogen and oxygen atoms in total. The van der Waals surface area contributed by atoms with Gasteiger partial charge in [0.2, 0.25) is 5.43 Å². The van der Waals surface area contributed by atoms with Gasteiger partial charge >= 0.3 is 0 Å². The maximum absolute atomic E-state index is 14.1. The number of aromatic nitrogens is 1. The summed E-state index contributed by atoms with van der Waals surface area (Å²) in [5, 5.41) is 2.58. The summed E-state index contributed by atoms with van der Waals surface area (Å²) in [5.74, 6) is -1.90. The Morgan fingerprint density at radius 1 is 1.24 bits per heavy atom. The quantitative estimate of drug-likeness (QED) is 0.739. The Morgan fingerprint density at radius 3 is 2.76 bits per heavy atom. The van der Waals surface area contributed by atoms with Crippen LogP contribution in [0.15, 0.2) is 29.2 Å². The summed E-state index contributed by atoms with van der Waals surface area (Å²) in [5.41, 5.74) is -0.784. The van der Waals surface area contributed by atoms with Crippen molar-refractivity contribution < 1.29 is 27.8 Å². The normalized spacial score (nSPS) is 29.1. The Hall–Kier alpha value is -3.27. The highest BCUT2D eigenvalue weighted by molar-refractivity contribution is 5.99. The van der Waals surface area contributed by atoms with Gasteiger partial charge in [-0.05, 0) is 37.7 Å². The number of methoxy groups -OCH3 is 1. The average molecular weight is 471 g/mol. The molecule has 0 spiro atoms. The molecule has 1 N–H and O–H groups in total. The van der Waals surface area contributed by atoms with Gasteiger partial charge in [0.05, 0.1) is 25.8 Å². The van der Waals surface area contributed by atoms with E-state index in [2.05, 4.69) is 5.32 Å². The molecule has 2 amide bonds. The van der Waals surface area contributed by atoms with Crippen LogP contribution >= 0.6 is 0 Å². The monoisotopic (exact) mass is 471 g/mol. The van der Waals surface area contributed by atoms with Gasteiger partial charge < -0.3 is 24.3 Å². The molecule has 1 saturated heterocycles. The molecular formula is C24H23F2N3O5. The van der Waals surface area contributed by atoms with E-state index in [-0.39, 0.29) is 47.2 Å². The van der Waals surface area contributed by atoms with Crippen LogP contribution in [0, 0.1) is 23.5 Å². The van der Waals surface area contributed by atoms with Crippen LogP contribution in [-0.4, -0.2) is 46.8 Å². The summed E-state index contributed by atoms with van der Waals surface area (Å²) >= 11 is 0. The molecule has 0 radical (unpaired) electrons. The molecule has 178 valence electrons. The molecule has 2 saturated carbocycles. The fourth-order valence-electron chi connectivity index (χ4n) is 5.91. The van der Waals surface area contributed by atoms with Crippen molar-refractivity contribution in [2.24, 2.45) is 11.8 Å². The summed E-state index contributed by atoms with van der Waals surface area (Å²) in [6, 6.07) is 2.33. The van der Waals surface area contributed by atoms with Crippen LogP contribution in [0.4, 0.5) is 8.78 Å². The van der Waals surface area contributed by atoms with Crippen LogP contribution in [-0.2, 0) is 11.3 Å². The minimum Gasteiger partial charge on any atom is -0.491 e. The SMILES string of the molecule is COc1c2n(cc(C(=O)N[C@H](C)c3ccc(F)cc3F)c1=O)C[C@@H]1OC3CC([C@H]4C[C@@H]34)N1C2=O. The Morgan fingerprint density at radius 2 is 2.03 bits per heavy atom. The van der Waals surface area contributed by atoms with Crippen LogP contribution in [0.5, 0.6) is 5.75 Å². The lowest BCUT2D eigenvalue weighted by Crippen LogP contribution is -2.58. The smallest absolute Gasteiger partial charge is 0.276 e. The second kappa shape index (κ2) is 7.36. The van der Waals surface area contributed by atoms with E-state index in [0.717, 1.165) is 25.0 Å². The molecule has 34 heavy (non-hydrogen) atoms. The highest BCUT2D eigenvalue weighted by Gasteiger charge is 2.63. The maximum atomic E-state index is 14.1. The zero-order valence-electron chi connectivity index (χ0n) is 18.6. The first-order chi connectivity index (χ1) is 16.3. The molecule has 2 unspecified atom stereocenters. The second-order valence-corrected chi connectivity index (χ2v) is 9.48. The van der Waals surface area contributed by atoms with Gasteiger partial charge in [0, 0.05) is 23.9 Å². The molecule has 2 aromatic rings. The standard InChI is InChI=1S/C24H23F2N3O5/c1-10(12-4-3-11(25)5-16(12)26)27-23(31)15-8-28-9-19-29(17-7-18(34-19)14-6-13(14)17)24(32)20(28)22(33-2)21(15)30/h3-5,8,10,13-14,17-19H,6-7,9H2,1-2H3,(H,27,31)/t10-,13+,14-,17?,18?,19+/m1/s1. The van der Waals surface area contributed by atoms with Crippen molar-refractivity contribution in [3.8, 4) is 5.75 Å². The average Bonchev–Trinajstić information content (AvgIpc) is 3.54. The molecule has 2 aliphatic heterocycles. The number of carbonyl (C=O) groups is 2. The number of nitrogens with zero attached hydrogens (tertiary/aromatic N) is 2. The topological polar surface area (TPSA) is 89.9 Å².